The normalized spacial score (nSPS) is 10.3. The van der Waals surface area contributed by atoms with Crippen LogP contribution in [0.1, 0.15) is 11.1 Å². The summed E-state index contributed by atoms with van der Waals surface area (Å²) in [6.45, 7) is -0.0414. The van der Waals surface area contributed by atoms with E-state index in [0.29, 0.717) is 5.56 Å². The van der Waals surface area contributed by atoms with Crippen molar-refractivity contribution in [3.63, 3.8) is 0 Å². The van der Waals surface area contributed by atoms with E-state index >= 15 is 0 Å². The molecule has 0 saturated heterocycles. The molecule has 1 amide bonds. The predicted molar refractivity (Wildman–Crippen MR) is 68.3 cm³/mol. The van der Waals surface area contributed by atoms with Crippen LogP contribution in [0.4, 0.5) is 13.2 Å². The van der Waals surface area contributed by atoms with Crippen molar-refractivity contribution < 1.29 is 18.0 Å². The van der Waals surface area contributed by atoms with E-state index in [1.165, 1.54) is 24.3 Å². The van der Waals surface area contributed by atoms with E-state index < -0.39 is 17.5 Å². The standard InChI is InChI=1S/C15H12F3NO/c16-12-3-1-2-10(6-12)7-15(20)19-9-11-4-5-13(17)8-14(11)18/h1-6,8H,7,9H2,(H,19,20). The van der Waals surface area contributed by atoms with Crippen molar-refractivity contribution in [2.24, 2.45) is 0 Å². The summed E-state index contributed by atoms with van der Waals surface area (Å²) in [5, 5.41) is 2.50. The number of amides is 1. The molecule has 2 aromatic rings. The minimum Gasteiger partial charge on any atom is -0.352 e. The van der Waals surface area contributed by atoms with Crippen LogP contribution in [-0.2, 0) is 17.8 Å². The van der Waals surface area contributed by atoms with Gasteiger partial charge in [0.1, 0.15) is 17.5 Å². The first-order chi connectivity index (χ1) is 9.54. The molecule has 0 bridgehead atoms. The number of rotatable bonds is 4. The van der Waals surface area contributed by atoms with Crippen LogP contribution in [0, 0.1) is 17.5 Å². The van der Waals surface area contributed by atoms with Gasteiger partial charge < -0.3 is 5.32 Å². The minimum atomic E-state index is -0.712. The molecule has 0 radical (unpaired) electrons. The molecule has 0 aliphatic heterocycles. The van der Waals surface area contributed by atoms with Gasteiger partial charge in [-0.05, 0) is 23.8 Å². The fourth-order valence-electron chi connectivity index (χ4n) is 1.75. The lowest BCUT2D eigenvalue weighted by Gasteiger charge is -2.06. The fourth-order valence-corrected chi connectivity index (χ4v) is 1.75. The Morgan fingerprint density at radius 3 is 2.45 bits per heavy atom. The first kappa shape index (κ1) is 14.1. The molecular formula is C15H12F3NO. The highest BCUT2D eigenvalue weighted by molar-refractivity contribution is 5.78. The lowest BCUT2D eigenvalue weighted by molar-refractivity contribution is -0.120. The Hall–Kier alpha value is -2.30. The van der Waals surface area contributed by atoms with Crippen molar-refractivity contribution in [1.29, 1.82) is 0 Å². The molecule has 2 nitrogen and oxygen atoms in total. The van der Waals surface area contributed by atoms with Gasteiger partial charge in [0, 0.05) is 18.2 Å². The number of halogens is 3. The van der Waals surface area contributed by atoms with Crippen LogP contribution < -0.4 is 5.32 Å². The highest BCUT2D eigenvalue weighted by atomic mass is 19.1. The largest absolute Gasteiger partial charge is 0.352 e. The lowest BCUT2D eigenvalue weighted by Crippen LogP contribution is -2.25. The van der Waals surface area contributed by atoms with Crippen LogP contribution in [0.2, 0.25) is 0 Å². The first-order valence-electron chi connectivity index (χ1n) is 5.99. The molecule has 0 unspecified atom stereocenters. The molecule has 5 heteroatoms. The minimum absolute atomic E-state index is 0.000569. The average Bonchev–Trinajstić information content (AvgIpc) is 2.37. The number of hydrogen-bond acceptors (Lipinski definition) is 1. The smallest absolute Gasteiger partial charge is 0.224 e. The lowest BCUT2D eigenvalue weighted by atomic mass is 10.1. The summed E-state index contributed by atoms with van der Waals surface area (Å²) in [6, 6.07) is 8.84. The summed E-state index contributed by atoms with van der Waals surface area (Å²) in [5.74, 6) is -2.16. The summed E-state index contributed by atoms with van der Waals surface area (Å²) in [6.07, 6.45) is 0.000569. The van der Waals surface area contributed by atoms with Crippen molar-refractivity contribution in [2.75, 3.05) is 0 Å². The Kier molecular flexibility index (Phi) is 4.40. The number of carbonyl (C=O) groups is 1. The second kappa shape index (κ2) is 6.23. The molecule has 0 saturated carbocycles. The Morgan fingerprint density at radius 2 is 1.75 bits per heavy atom. The van der Waals surface area contributed by atoms with E-state index in [9.17, 15) is 18.0 Å². The van der Waals surface area contributed by atoms with Crippen molar-refractivity contribution >= 4 is 5.91 Å². The second-order valence-corrected chi connectivity index (χ2v) is 4.32. The number of carbonyl (C=O) groups excluding carboxylic acids is 1. The van der Waals surface area contributed by atoms with Crippen molar-refractivity contribution in [3.8, 4) is 0 Å². The molecule has 1 N–H and O–H groups in total. The average molecular weight is 279 g/mol. The zero-order valence-corrected chi connectivity index (χ0v) is 10.5. The number of benzene rings is 2. The van der Waals surface area contributed by atoms with Crippen LogP contribution in [0.5, 0.6) is 0 Å². The van der Waals surface area contributed by atoms with Gasteiger partial charge in [-0.15, -0.1) is 0 Å². The number of hydrogen-bond donors (Lipinski definition) is 1. The second-order valence-electron chi connectivity index (χ2n) is 4.32. The van der Waals surface area contributed by atoms with E-state index in [1.807, 2.05) is 0 Å². The summed E-state index contributed by atoms with van der Waals surface area (Å²) >= 11 is 0. The first-order valence-corrected chi connectivity index (χ1v) is 5.99. The molecule has 0 aromatic heterocycles. The van der Waals surface area contributed by atoms with E-state index in [1.54, 1.807) is 6.07 Å². The Labute approximate surface area is 114 Å². The van der Waals surface area contributed by atoms with Crippen LogP contribution in [0.15, 0.2) is 42.5 Å². The summed E-state index contributed by atoms with van der Waals surface area (Å²) < 4.78 is 39.0. The molecule has 0 heterocycles. The van der Waals surface area contributed by atoms with Gasteiger partial charge in [0.25, 0.3) is 0 Å². The van der Waals surface area contributed by atoms with Gasteiger partial charge in [0.15, 0.2) is 0 Å². The van der Waals surface area contributed by atoms with Gasteiger partial charge in [-0.3, -0.25) is 4.79 Å². The van der Waals surface area contributed by atoms with Gasteiger partial charge in [0.2, 0.25) is 5.91 Å². The van der Waals surface area contributed by atoms with Gasteiger partial charge in [-0.1, -0.05) is 18.2 Å². The molecule has 0 aliphatic carbocycles. The number of nitrogens with one attached hydrogen (secondary N) is 1. The Balaban J connectivity index is 1.92. The van der Waals surface area contributed by atoms with E-state index in [4.69, 9.17) is 0 Å². The fraction of sp³-hybridized carbons (Fsp3) is 0.133. The van der Waals surface area contributed by atoms with Crippen LogP contribution in [0.3, 0.4) is 0 Å². The monoisotopic (exact) mass is 279 g/mol. The van der Waals surface area contributed by atoms with Gasteiger partial charge >= 0.3 is 0 Å². The maximum atomic E-state index is 13.3. The molecule has 20 heavy (non-hydrogen) atoms. The van der Waals surface area contributed by atoms with Gasteiger partial charge in [-0.2, -0.15) is 0 Å². The summed E-state index contributed by atoms with van der Waals surface area (Å²) in [7, 11) is 0. The maximum Gasteiger partial charge on any atom is 0.224 e. The molecule has 0 spiro atoms. The zero-order valence-electron chi connectivity index (χ0n) is 10.5. The van der Waals surface area contributed by atoms with Crippen molar-refractivity contribution in [3.05, 3.63) is 71.0 Å². The molecule has 0 atom stereocenters. The highest BCUT2D eigenvalue weighted by Crippen LogP contribution is 2.09. The molecule has 0 fully saturated rings. The third-order valence-corrected chi connectivity index (χ3v) is 2.74. The highest BCUT2D eigenvalue weighted by Gasteiger charge is 2.07. The Morgan fingerprint density at radius 1 is 1.00 bits per heavy atom. The molecule has 2 aromatic carbocycles. The van der Waals surface area contributed by atoms with Gasteiger partial charge in [-0.25, -0.2) is 13.2 Å². The molecule has 0 aliphatic rings. The predicted octanol–water partition coefficient (Wildman–Crippen LogP) is 2.96. The zero-order chi connectivity index (χ0) is 14.5. The summed E-state index contributed by atoms with van der Waals surface area (Å²) in [5.41, 5.74) is 0.723. The SMILES string of the molecule is O=C(Cc1cccc(F)c1)NCc1ccc(F)cc1F. The third kappa shape index (κ3) is 3.85. The molecule has 2 rings (SSSR count). The van der Waals surface area contributed by atoms with Crippen LogP contribution in [-0.4, -0.2) is 5.91 Å². The summed E-state index contributed by atoms with van der Waals surface area (Å²) in [4.78, 5) is 11.6. The van der Waals surface area contributed by atoms with Crippen molar-refractivity contribution in [1.82, 2.24) is 5.32 Å². The van der Waals surface area contributed by atoms with E-state index in [-0.39, 0.29) is 24.4 Å². The molecule has 104 valence electrons. The van der Waals surface area contributed by atoms with E-state index in [2.05, 4.69) is 5.32 Å². The van der Waals surface area contributed by atoms with Crippen LogP contribution in [0.25, 0.3) is 0 Å². The van der Waals surface area contributed by atoms with Crippen molar-refractivity contribution in [2.45, 2.75) is 13.0 Å². The van der Waals surface area contributed by atoms with Crippen LogP contribution >= 0.6 is 0 Å². The third-order valence-electron chi connectivity index (χ3n) is 2.74. The Bertz CT molecular complexity index is 628. The van der Waals surface area contributed by atoms with E-state index in [0.717, 1.165) is 12.1 Å². The quantitative estimate of drug-likeness (QED) is 0.916. The molecular weight excluding hydrogens is 267 g/mol. The topological polar surface area (TPSA) is 29.1 Å². The maximum absolute atomic E-state index is 13.3. The van der Waals surface area contributed by atoms with Gasteiger partial charge in [0.05, 0.1) is 6.42 Å².